The van der Waals surface area contributed by atoms with Crippen LogP contribution in [0.15, 0.2) is 42.5 Å². The number of rotatable bonds is 6. The Bertz CT molecular complexity index is 841. The number of hydrogen-bond acceptors (Lipinski definition) is 6. The molecule has 0 aliphatic rings. The standard InChI is InChI=1S/C17H17N3O5S/c1-3-25-13-6-4-5-11(9-13)16(21)19-17(26)18-12-7-8-15(24-2)14(10-12)20(22)23/h4-10H,3H2,1-2H3,(H2,18,19,21,26). The van der Waals surface area contributed by atoms with Crippen LogP contribution in [0.4, 0.5) is 11.4 Å². The number of nitrogens with one attached hydrogen (secondary N) is 2. The van der Waals surface area contributed by atoms with Gasteiger partial charge >= 0.3 is 5.69 Å². The van der Waals surface area contributed by atoms with Crippen molar-refractivity contribution in [3.8, 4) is 11.5 Å². The zero-order valence-electron chi connectivity index (χ0n) is 14.1. The van der Waals surface area contributed by atoms with Gasteiger partial charge in [0.2, 0.25) is 0 Å². The molecule has 0 aliphatic carbocycles. The van der Waals surface area contributed by atoms with Gasteiger partial charge in [0.05, 0.1) is 18.6 Å². The summed E-state index contributed by atoms with van der Waals surface area (Å²) in [7, 11) is 1.34. The highest BCUT2D eigenvalue weighted by Crippen LogP contribution is 2.29. The minimum Gasteiger partial charge on any atom is -0.494 e. The largest absolute Gasteiger partial charge is 0.494 e. The van der Waals surface area contributed by atoms with Crippen LogP contribution in [0, 0.1) is 10.1 Å². The van der Waals surface area contributed by atoms with Gasteiger partial charge in [0.25, 0.3) is 5.91 Å². The van der Waals surface area contributed by atoms with Gasteiger partial charge in [-0.15, -0.1) is 0 Å². The summed E-state index contributed by atoms with van der Waals surface area (Å²) in [6, 6.07) is 10.9. The molecule has 0 unspecified atom stereocenters. The third-order valence-electron chi connectivity index (χ3n) is 3.27. The maximum atomic E-state index is 12.3. The van der Waals surface area contributed by atoms with Gasteiger partial charge in [0, 0.05) is 17.3 Å². The second kappa shape index (κ2) is 8.77. The average Bonchev–Trinajstić information content (AvgIpc) is 2.62. The number of amides is 1. The fourth-order valence-electron chi connectivity index (χ4n) is 2.14. The topological polar surface area (TPSA) is 103 Å². The molecule has 0 spiro atoms. The normalized spacial score (nSPS) is 9.92. The van der Waals surface area contributed by atoms with Crippen molar-refractivity contribution >= 4 is 34.6 Å². The number of ether oxygens (including phenoxy) is 2. The summed E-state index contributed by atoms with van der Waals surface area (Å²) in [5, 5.41) is 16.3. The van der Waals surface area contributed by atoms with E-state index in [0.29, 0.717) is 23.6 Å². The van der Waals surface area contributed by atoms with Crippen LogP contribution in [0.3, 0.4) is 0 Å². The van der Waals surface area contributed by atoms with Gasteiger partial charge in [-0.3, -0.25) is 20.2 Å². The van der Waals surface area contributed by atoms with Gasteiger partial charge in [-0.2, -0.15) is 0 Å². The van der Waals surface area contributed by atoms with E-state index in [1.807, 2.05) is 6.92 Å². The Morgan fingerprint density at radius 1 is 1.27 bits per heavy atom. The minimum absolute atomic E-state index is 0.0104. The number of anilines is 1. The molecule has 26 heavy (non-hydrogen) atoms. The van der Waals surface area contributed by atoms with E-state index < -0.39 is 10.8 Å². The SMILES string of the molecule is CCOc1cccc(C(=O)NC(=S)Nc2ccc(OC)c([N+](=O)[O-])c2)c1. The number of nitro benzene ring substituents is 1. The summed E-state index contributed by atoms with van der Waals surface area (Å²) in [6.07, 6.45) is 0. The highest BCUT2D eigenvalue weighted by atomic mass is 32.1. The molecule has 0 saturated carbocycles. The lowest BCUT2D eigenvalue weighted by Gasteiger charge is -2.11. The maximum absolute atomic E-state index is 12.3. The lowest BCUT2D eigenvalue weighted by molar-refractivity contribution is -0.385. The number of carbonyl (C=O) groups is 1. The van der Waals surface area contributed by atoms with Gasteiger partial charge in [-0.1, -0.05) is 6.07 Å². The molecule has 0 aliphatic heterocycles. The smallest absolute Gasteiger partial charge is 0.312 e. The average molecular weight is 375 g/mol. The van der Waals surface area contributed by atoms with Crippen LogP contribution < -0.4 is 20.1 Å². The molecule has 2 aromatic carbocycles. The molecule has 2 N–H and O–H groups in total. The number of methoxy groups -OCH3 is 1. The fraction of sp³-hybridized carbons (Fsp3) is 0.176. The van der Waals surface area contributed by atoms with Crippen LogP contribution >= 0.6 is 12.2 Å². The molecule has 0 fully saturated rings. The summed E-state index contributed by atoms with van der Waals surface area (Å²) >= 11 is 5.09. The number of benzene rings is 2. The Labute approximate surface area is 155 Å². The molecule has 0 atom stereocenters. The van der Waals surface area contributed by atoms with Crippen molar-refractivity contribution in [2.24, 2.45) is 0 Å². The van der Waals surface area contributed by atoms with Crippen LogP contribution in [-0.4, -0.2) is 29.7 Å². The molecule has 1 amide bonds. The third-order valence-corrected chi connectivity index (χ3v) is 3.47. The zero-order chi connectivity index (χ0) is 19.1. The van der Waals surface area contributed by atoms with E-state index in [1.165, 1.54) is 19.2 Å². The van der Waals surface area contributed by atoms with Gasteiger partial charge in [-0.25, -0.2) is 0 Å². The zero-order valence-corrected chi connectivity index (χ0v) is 15.0. The van der Waals surface area contributed by atoms with Gasteiger partial charge in [0.1, 0.15) is 5.75 Å². The highest BCUT2D eigenvalue weighted by Gasteiger charge is 2.16. The molecule has 0 aromatic heterocycles. The summed E-state index contributed by atoms with van der Waals surface area (Å²) in [4.78, 5) is 22.7. The second-order valence-electron chi connectivity index (χ2n) is 5.01. The van der Waals surface area contributed by atoms with E-state index in [2.05, 4.69) is 10.6 Å². The molecule has 0 bridgehead atoms. The van der Waals surface area contributed by atoms with Crippen molar-refractivity contribution in [2.75, 3.05) is 19.0 Å². The predicted molar refractivity (Wildman–Crippen MR) is 101 cm³/mol. The Kier molecular flexibility index (Phi) is 6.45. The molecule has 0 radical (unpaired) electrons. The van der Waals surface area contributed by atoms with E-state index in [4.69, 9.17) is 21.7 Å². The van der Waals surface area contributed by atoms with Gasteiger partial charge in [0.15, 0.2) is 10.9 Å². The molecule has 136 valence electrons. The molecule has 9 heteroatoms. The van der Waals surface area contributed by atoms with Crippen molar-refractivity contribution in [3.05, 3.63) is 58.1 Å². The molecule has 0 saturated heterocycles. The molecule has 2 aromatic rings. The van der Waals surface area contributed by atoms with Crippen molar-refractivity contribution in [3.63, 3.8) is 0 Å². The summed E-state index contributed by atoms with van der Waals surface area (Å²) in [5.41, 5.74) is 0.516. The van der Waals surface area contributed by atoms with E-state index in [9.17, 15) is 14.9 Å². The number of nitro groups is 1. The van der Waals surface area contributed by atoms with Crippen LogP contribution in [0.1, 0.15) is 17.3 Å². The quantitative estimate of drug-likeness (QED) is 0.454. The fourth-order valence-corrected chi connectivity index (χ4v) is 2.35. The Morgan fingerprint density at radius 3 is 2.69 bits per heavy atom. The van der Waals surface area contributed by atoms with Crippen LogP contribution in [0.2, 0.25) is 0 Å². The van der Waals surface area contributed by atoms with Crippen LogP contribution in [-0.2, 0) is 0 Å². The molecular weight excluding hydrogens is 358 g/mol. The van der Waals surface area contributed by atoms with E-state index >= 15 is 0 Å². The Hall–Kier alpha value is -3.20. The van der Waals surface area contributed by atoms with Gasteiger partial charge in [-0.05, 0) is 49.5 Å². The van der Waals surface area contributed by atoms with Crippen molar-refractivity contribution in [2.45, 2.75) is 6.92 Å². The third kappa shape index (κ3) is 4.90. The second-order valence-corrected chi connectivity index (χ2v) is 5.42. The lowest BCUT2D eigenvalue weighted by atomic mass is 10.2. The summed E-state index contributed by atoms with van der Waals surface area (Å²) in [6.45, 7) is 2.33. The van der Waals surface area contributed by atoms with E-state index in [1.54, 1.807) is 30.3 Å². The first-order valence-electron chi connectivity index (χ1n) is 7.62. The number of carbonyl (C=O) groups excluding carboxylic acids is 1. The number of thiocarbonyl (C=S) groups is 1. The summed E-state index contributed by atoms with van der Waals surface area (Å²) in [5.74, 6) is 0.278. The van der Waals surface area contributed by atoms with E-state index in [-0.39, 0.29) is 16.5 Å². The van der Waals surface area contributed by atoms with Crippen LogP contribution in [0.25, 0.3) is 0 Å². The summed E-state index contributed by atoms with van der Waals surface area (Å²) < 4.78 is 10.3. The first kappa shape index (κ1) is 19.1. The van der Waals surface area contributed by atoms with Crippen molar-refractivity contribution < 1.29 is 19.2 Å². The van der Waals surface area contributed by atoms with Gasteiger partial charge < -0.3 is 14.8 Å². The molecule has 0 heterocycles. The number of hydrogen-bond donors (Lipinski definition) is 2. The number of nitrogens with zero attached hydrogens (tertiary/aromatic N) is 1. The first-order valence-corrected chi connectivity index (χ1v) is 8.03. The first-order chi connectivity index (χ1) is 12.4. The molecule has 2 rings (SSSR count). The molecule has 8 nitrogen and oxygen atoms in total. The Balaban J connectivity index is 2.06. The predicted octanol–water partition coefficient (Wildman–Crippen LogP) is 3.13. The van der Waals surface area contributed by atoms with Crippen molar-refractivity contribution in [1.29, 1.82) is 0 Å². The van der Waals surface area contributed by atoms with Crippen LogP contribution in [0.5, 0.6) is 11.5 Å². The van der Waals surface area contributed by atoms with E-state index in [0.717, 1.165) is 0 Å². The monoisotopic (exact) mass is 375 g/mol. The minimum atomic E-state index is -0.565. The van der Waals surface area contributed by atoms with Crippen molar-refractivity contribution in [1.82, 2.24) is 5.32 Å². The Morgan fingerprint density at radius 2 is 2.04 bits per heavy atom. The maximum Gasteiger partial charge on any atom is 0.312 e. The highest BCUT2D eigenvalue weighted by molar-refractivity contribution is 7.80. The lowest BCUT2D eigenvalue weighted by Crippen LogP contribution is -2.34. The molecular formula is C17H17N3O5S.